The van der Waals surface area contributed by atoms with Crippen LogP contribution in [0.4, 0.5) is 14.9 Å². The fraction of sp³-hybridized carbons (Fsp3) is 0.250. The summed E-state index contributed by atoms with van der Waals surface area (Å²) in [6.07, 6.45) is 4.44. The average Bonchev–Trinajstić information content (AvgIpc) is 3.32. The van der Waals surface area contributed by atoms with Crippen LogP contribution in [0.2, 0.25) is 0 Å². The standard InChI is InChI=1S/C16H15FN5O2S/c1-11-7-18-10-21(11)15-3-2-13(6-14(15)17)22(4-5-24-16(22)23)9-12-8-19-25-20-12/h2-3,6-8,10H,4-5,9H2,1H3/q+1. The Labute approximate surface area is 147 Å². The molecular weight excluding hydrogens is 345 g/mol. The summed E-state index contributed by atoms with van der Waals surface area (Å²) in [7, 11) is 0. The van der Waals surface area contributed by atoms with Crippen LogP contribution in [0.25, 0.3) is 5.69 Å². The Morgan fingerprint density at radius 3 is 2.88 bits per heavy atom. The Hall–Kier alpha value is -2.65. The SMILES string of the molecule is Cc1cncn1-c1ccc([N+]2(Cc3cnsn3)CCOC2=O)cc1F. The lowest BCUT2D eigenvalue weighted by Crippen LogP contribution is -2.49. The van der Waals surface area contributed by atoms with Gasteiger partial charge in [0, 0.05) is 24.0 Å². The van der Waals surface area contributed by atoms with Gasteiger partial charge in [-0.2, -0.15) is 18.0 Å². The predicted molar refractivity (Wildman–Crippen MR) is 89.9 cm³/mol. The van der Waals surface area contributed by atoms with Crippen molar-refractivity contribution < 1.29 is 13.9 Å². The third kappa shape index (κ3) is 2.61. The molecule has 0 bridgehead atoms. The first-order valence-electron chi connectivity index (χ1n) is 7.70. The van der Waals surface area contributed by atoms with Crippen molar-refractivity contribution in [2.24, 2.45) is 0 Å². The van der Waals surface area contributed by atoms with Gasteiger partial charge >= 0.3 is 6.09 Å². The van der Waals surface area contributed by atoms with Crippen LogP contribution in [0.1, 0.15) is 11.4 Å². The van der Waals surface area contributed by atoms with Gasteiger partial charge in [0.15, 0.2) is 5.82 Å². The van der Waals surface area contributed by atoms with E-state index in [-0.39, 0.29) is 11.0 Å². The Morgan fingerprint density at radius 2 is 2.28 bits per heavy atom. The van der Waals surface area contributed by atoms with Crippen molar-refractivity contribution in [2.45, 2.75) is 13.5 Å². The van der Waals surface area contributed by atoms with Crippen molar-refractivity contribution in [3.05, 3.63) is 54.1 Å². The monoisotopic (exact) mass is 360 g/mol. The molecule has 4 rings (SSSR count). The van der Waals surface area contributed by atoms with Crippen molar-refractivity contribution in [3.8, 4) is 5.69 Å². The number of aromatic nitrogens is 4. The zero-order chi connectivity index (χ0) is 17.4. The van der Waals surface area contributed by atoms with Crippen LogP contribution in [0, 0.1) is 12.7 Å². The molecule has 1 atom stereocenters. The molecule has 0 saturated carbocycles. The number of hydrogen-bond donors (Lipinski definition) is 0. The van der Waals surface area contributed by atoms with Gasteiger partial charge in [-0.1, -0.05) is 0 Å². The Kier molecular flexibility index (Phi) is 3.81. The fourth-order valence-electron chi connectivity index (χ4n) is 3.07. The summed E-state index contributed by atoms with van der Waals surface area (Å²) >= 11 is 1.08. The number of nitrogens with zero attached hydrogens (tertiary/aromatic N) is 5. The van der Waals surface area contributed by atoms with Gasteiger partial charge in [0.05, 0.1) is 29.9 Å². The minimum atomic E-state index is -0.424. The highest BCUT2D eigenvalue weighted by molar-refractivity contribution is 6.99. The van der Waals surface area contributed by atoms with Crippen molar-refractivity contribution in [1.29, 1.82) is 0 Å². The summed E-state index contributed by atoms with van der Waals surface area (Å²) in [6, 6.07) is 4.80. The first-order chi connectivity index (χ1) is 12.1. The van der Waals surface area contributed by atoms with Crippen LogP contribution in [0.15, 0.2) is 36.9 Å². The third-order valence-corrected chi connectivity index (χ3v) is 4.91. The number of cyclic esters (lactones) is 1. The van der Waals surface area contributed by atoms with Crippen molar-refractivity contribution in [1.82, 2.24) is 22.8 Å². The molecule has 7 nitrogen and oxygen atoms in total. The van der Waals surface area contributed by atoms with Crippen LogP contribution < -0.4 is 4.48 Å². The summed E-state index contributed by atoms with van der Waals surface area (Å²) in [5.41, 5.74) is 2.43. The smallest absolute Gasteiger partial charge is 0.414 e. The van der Waals surface area contributed by atoms with Crippen LogP contribution in [0.3, 0.4) is 0 Å². The van der Waals surface area contributed by atoms with Gasteiger partial charge in [-0.3, -0.25) is 0 Å². The third-order valence-electron chi connectivity index (χ3n) is 4.40. The van der Waals surface area contributed by atoms with E-state index in [0.29, 0.717) is 30.2 Å². The van der Waals surface area contributed by atoms with E-state index in [9.17, 15) is 9.18 Å². The molecule has 1 aromatic carbocycles. The number of rotatable bonds is 4. The zero-order valence-electron chi connectivity index (χ0n) is 13.4. The number of benzene rings is 1. The highest BCUT2D eigenvalue weighted by Gasteiger charge is 2.47. The molecule has 3 aromatic rings. The molecule has 1 saturated heterocycles. The maximum Gasteiger partial charge on any atom is 0.521 e. The van der Waals surface area contributed by atoms with E-state index in [1.165, 1.54) is 6.07 Å². The lowest BCUT2D eigenvalue weighted by molar-refractivity contribution is 0.157. The van der Waals surface area contributed by atoms with E-state index in [1.54, 1.807) is 35.4 Å². The summed E-state index contributed by atoms with van der Waals surface area (Å²) in [6.45, 7) is 2.86. The molecule has 1 aliphatic heterocycles. The molecule has 0 spiro atoms. The first kappa shape index (κ1) is 15.9. The number of amides is 1. The second kappa shape index (κ2) is 6.01. The molecule has 1 amide bonds. The van der Waals surface area contributed by atoms with Gasteiger partial charge in [-0.15, -0.1) is 0 Å². The highest BCUT2D eigenvalue weighted by atomic mass is 32.1. The molecule has 128 valence electrons. The fourth-order valence-corrected chi connectivity index (χ4v) is 3.50. The lowest BCUT2D eigenvalue weighted by atomic mass is 10.2. The van der Waals surface area contributed by atoms with Gasteiger partial charge in [0.25, 0.3) is 0 Å². The topological polar surface area (TPSA) is 69.9 Å². The lowest BCUT2D eigenvalue weighted by Gasteiger charge is -2.27. The van der Waals surface area contributed by atoms with Gasteiger partial charge in [0.2, 0.25) is 0 Å². The van der Waals surface area contributed by atoms with Crippen molar-refractivity contribution in [2.75, 3.05) is 13.2 Å². The van der Waals surface area contributed by atoms with Gasteiger partial charge < -0.3 is 9.30 Å². The predicted octanol–water partition coefficient (Wildman–Crippen LogP) is 2.83. The Balaban J connectivity index is 1.77. The molecule has 1 unspecified atom stereocenters. The Bertz CT molecular complexity index is 927. The molecule has 3 heterocycles. The number of carbonyl (C=O) groups is 1. The molecular formula is C16H15FN5O2S+. The largest absolute Gasteiger partial charge is 0.521 e. The normalized spacial score (nSPS) is 20.0. The van der Waals surface area contributed by atoms with E-state index in [2.05, 4.69) is 13.7 Å². The summed E-state index contributed by atoms with van der Waals surface area (Å²) in [5.74, 6) is -0.424. The molecule has 0 radical (unpaired) electrons. The number of hydrogen-bond acceptors (Lipinski definition) is 6. The van der Waals surface area contributed by atoms with E-state index in [0.717, 1.165) is 17.4 Å². The number of ether oxygens (including phenoxy) is 1. The molecule has 2 aromatic heterocycles. The van der Waals surface area contributed by atoms with Gasteiger partial charge in [-0.05, 0) is 13.0 Å². The average molecular weight is 360 g/mol. The Morgan fingerprint density at radius 1 is 1.40 bits per heavy atom. The number of imidazole rings is 1. The summed E-state index contributed by atoms with van der Waals surface area (Å²) < 4.78 is 29.7. The molecule has 1 aliphatic rings. The van der Waals surface area contributed by atoms with Gasteiger partial charge in [0.1, 0.15) is 31.1 Å². The number of halogens is 1. The van der Waals surface area contributed by atoms with E-state index < -0.39 is 11.9 Å². The zero-order valence-corrected chi connectivity index (χ0v) is 14.2. The molecule has 9 heteroatoms. The first-order valence-corrected chi connectivity index (χ1v) is 8.43. The van der Waals surface area contributed by atoms with E-state index in [1.807, 2.05) is 6.92 Å². The van der Waals surface area contributed by atoms with Gasteiger partial charge in [-0.25, -0.2) is 9.37 Å². The summed E-state index contributed by atoms with van der Waals surface area (Å²) in [5, 5.41) is 0. The second-order valence-electron chi connectivity index (χ2n) is 5.90. The molecule has 0 aliphatic carbocycles. The van der Waals surface area contributed by atoms with Crippen molar-refractivity contribution >= 4 is 23.5 Å². The quantitative estimate of drug-likeness (QED) is 0.669. The van der Waals surface area contributed by atoms with E-state index >= 15 is 0 Å². The summed E-state index contributed by atoms with van der Waals surface area (Å²) in [4.78, 5) is 16.5. The second-order valence-corrected chi connectivity index (χ2v) is 6.46. The van der Waals surface area contributed by atoms with Crippen LogP contribution in [-0.4, -0.2) is 37.5 Å². The maximum atomic E-state index is 14.8. The molecule has 25 heavy (non-hydrogen) atoms. The number of aryl methyl sites for hydroxylation is 1. The highest BCUT2D eigenvalue weighted by Crippen LogP contribution is 2.33. The minimum absolute atomic E-state index is 0.120. The van der Waals surface area contributed by atoms with Crippen molar-refractivity contribution in [3.63, 3.8) is 0 Å². The van der Waals surface area contributed by atoms with E-state index in [4.69, 9.17) is 4.74 Å². The molecule has 0 N–H and O–H groups in total. The van der Waals surface area contributed by atoms with Crippen LogP contribution >= 0.6 is 11.7 Å². The van der Waals surface area contributed by atoms with Crippen LogP contribution in [-0.2, 0) is 11.3 Å². The maximum absolute atomic E-state index is 14.8. The van der Waals surface area contributed by atoms with Crippen LogP contribution in [0.5, 0.6) is 0 Å². The number of quaternary nitrogens is 1. The minimum Gasteiger partial charge on any atom is -0.414 e. The number of carbonyl (C=O) groups excluding carboxylic acids is 1. The molecule has 1 fully saturated rings.